The average molecular weight is 413 g/mol. The van der Waals surface area contributed by atoms with E-state index < -0.39 is 16.0 Å². The number of rotatable bonds is 6. The van der Waals surface area contributed by atoms with Gasteiger partial charge >= 0.3 is 0 Å². The third kappa shape index (κ3) is 5.22. The number of carbonyl (C=O) groups excluding carboxylic acids is 1. The Morgan fingerprint density at radius 1 is 1.04 bits per heavy atom. The van der Waals surface area contributed by atoms with Crippen LogP contribution in [0, 0.1) is 0 Å². The number of hydrogen-bond acceptors (Lipinski definition) is 4. The average Bonchev–Trinajstić information content (AvgIpc) is 2.56. The number of nitrogens with one attached hydrogen (secondary N) is 1. The smallest absolute Gasteiger partial charge is 0.285 e. The highest BCUT2D eigenvalue weighted by molar-refractivity contribution is 7.90. The molecule has 0 amide bonds. The highest BCUT2D eigenvalue weighted by Crippen LogP contribution is 2.23. The Balaban J connectivity index is 2.05. The third-order valence-corrected chi connectivity index (χ3v) is 5.12. The largest absolute Gasteiger partial charge is 0.369 e. The Kier molecular flexibility index (Phi) is 6.25. The second-order valence-corrected chi connectivity index (χ2v) is 7.40. The summed E-state index contributed by atoms with van der Waals surface area (Å²) in [4.78, 5) is 12.0. The first-order valence-electron chi connectivity index (χ1n) is 7.07. The molecule has 0 fully saturated rings. The van der Waals surface area contributed by atoms with Crippen molar-refractivity contribution in [3.05, 3.63) is 70.3 Å². The molecule has 136 valence electrons. The number of nitrogens with two attached hydrogens (primary N) is 2. The molecule has 2 aromatic rings. The van der Waals surface area contributed by atoms with Crippen LogP contribution in [0.2, 0.25) is 10.0 Å². The second-order valence-electron chi connectivity index (χ2n) is 4.99. The Morgan fingerprint density at radius 3 is 2.27 bits per heavy atom. The Morgan fingerprint density at radius 2 is 1.69 bits per heavy atom. The van der Waals surface area contributed by atoms with Crippen LogP contribution in [0.1, 0.15) is 10.4 Å². The van der Waals surface area contributed by atoms with Gasteiger partial charge in [-0.1, -0.05) is 23.2 Å². The maximum Gasteiger partial charge on any atom is 0.285 e. The topological polar surface area (TPSA) is 128 Å². The molecule has 0 heterocycles. The lowest BCUT2D eigenvalue weighted by molar-refractivity contribution is 0.104. The van der Waals surface area contributed by atoms with Crippen LogP contribution in [0.5, 0.6) is 0 Å². The summed E-state index contributed by atoms with van der Waals surface area (Å²) in [5, 5.41) is 3.50. The van der Waals surface area contributed by atoms with Gasteiger partial charge in [-0.2, -0.15) is 8.42 Å². The summed E-state index contributed by atoms with van der Waals surface area (Å²) < 4.78 is 26.8. The van der Waals surface area contributed by atoms with E-state index in [1.165, 1.54) is 48.7 Å². The zero-order chi connectivity index (χ0) is 19.3. The van der Waals surface area contributed by atoms with Gasteiger partial charge in [0.2, 0.25) is 5.96 Å². The molecule has 26 heavy (non-hydrogen) atoms. The van der Waals surface area contributed by atoms with Gasteiger partial charge in [-0.15, -0.1) is 4.40 Å². The molecule has 0 aliphatic heterocycles. The SMILES string of the molecule is NC(N)=NS(=O)(=O)c1ccc(N/C=C/C(=O)c2ccc(Cl)c(Cl)c2)cc1. The zero-order valence-electron chi connectivity index (χ0n) is 13.2. The maximum atomic E-state index is 12.0. The molecular weight excluding hydrogens is 399 g/mol. The molecule has 2 aromatic carbocycles. The molecular formula is C16H14Cl2N4O3S. The normalized spacial score (nSPS) is 11.3. The van der Waals surface area contributed by atoms with Gasteiger partial charge < -0.3 is 16.8 Å². The van der Waals surface area contributed by atoms with Gasteiger partial charge in [0.25, 0.3) is 10.0 Å². The molecule has 5 N–H and O–H groups in total. The van der Waals surface area contributed by atoms with Gasteiger partial charge in [0, 0.05) is 23.5 Å². The van der Waals surface area contributed by atoms with Crippen LogP contribution < -0.4 is 16.8 Å². The van der Waals surface area contributed by atoms with E-state index in [4.69, 9.17) is 34.7 Å². The van der Waals surface area contributed by atoms with Crippen molar-refractivity contribution in [2.45, 2.75) is 4.90 Å². The fraction of sp³-hybridized carbons (Fsp3) is 0. The monoisotopic (exact) mass is 412 g/mol. The molecule has 7 nitrogen and oxygen atoms in total. The lowest BCUT2D eigenvalue weighted by Gasteiger charge is -2.03. The molecule has 10 heteroatoms. The van der Waals surface area contributed by atoms with Gasteiger partial charge in [0.05, 0.1) is 14.9 Å². The Bertz CT molecular complexity index is 983. The highest BCUT2D eigenvalue weighted by Gasteiger charge is 2.12. The zero-order valence-corrected chi connectivity index (χ0v) is 15.5. The van der Waals surface area contributed by atoms with E-state index in [0.29, 0.717) is 16.3 Å². The number of sulfonamides is 1. The number of anilines is 1. The first kappa shape index (κ1) is 19.8. The minimum Gasteiger partial charge on any atom is -0.369 e. The van der Waals surface area contributed by atoms with Gasteiger partial charge in [-0.25, -0.2) is 0 Å². The van der Waals surface area contributed by atoms with E-state index in [9.17, 15) is 13.2 Å². The maximum absolute atomic E-state index is 12.0. The van der Waals surface area contributed by atoms with Crippen molar-refractivity contribution >= 4 is 50.7 Å². The van der Waals surface area contributed by atoms with Crippen molar-refractivity contribution in [3.8, 4) is 0 Å². The van der Waals surface area contributed by atoms with Crippen molar-refractivity contribution in [1.82, 2.24) is 0 Å². The third-order valence-electron chi connectivity index (χ3n) is 3.07. The van der Waals surface area contributed by atoms with Crippen LogP contribution in [-0.2, 0) is 10.0 Å². The molecule has 2 rings (SSSR count). The molecule has 0 spiro atoms. The van der Waals surface area contributed by atoms with Gasteiger partial charge in [0.1, 0.15) is 0 Å². The van der Waals surface area contributed by atoms with Crippen molar-refractivity contribution in [1.29, 1.82) is 0 Å². The van der Waals surface area contributed by atoms with E-state index >= 15 is 0 Å². The standard InChI is InChI=1S/C16H14Cl2N4O3S/c17-13-6-1-10(9-14(13)18)15(23)7-8-21-11-2-4-12(5-3-11)26(24,25)22-16(19)20/h1-9,21H,(H4,19,20,22)/b8-7+. The summed E-state index contributed by atoms with van der Waals surface area (Å²) in [7, 11) is -3.94. The number of carbonyl (C=O) groups is 1. The summed E-state index contributed by atoms with van der Waals surface area (Å²) in [6.07, 6.45) is 2.73. The molecule has 0 saturated carbocycles. The van der Waals surface area contributed by atoms with Crippen LogP contribution in [-0.4, -0.2) is 20.2 Å². The number of ketones is 1. The summed E-state index contributed by atoms with van der Waals surface area (Å²) in [5.74, 6) is -0.820. The molecule has 0 unspecified atom stereocenters. The first-order valence-corrected chi connectivity index (χ1v) is 9.27. The quantitative estimate of drug-likeness (QED) is 0.289. The van der Waals surface area contributed by atoms with Crippen molar-refractivity contribution in [3.63, 3.8) is 0 Å². The van der Waals surface area contributed by atoms with Crippen LogP contribution in [0.15, 0.2) is 64.0 Å². The number of allylic oxidation sites excluding steroid dienone is 1. The van der Waals surface area contributed by atoms with E-state index in [-0.39, 0.29) is 15.7 Å². The summed E-state index contributed by atoms with van der Waals surface area (Å²) >= 11 is 11.7. The number of nitrogens with zero attached hydrogens (tertiary/aromatic N) is 1. The molecule has 0 aliphatic rings. The van der Waals surface area contributed by atoms with Crippen molar-refractivity contribution in [2.24, 2.45) is 15.9 Å². The van der Waals surface area contributed by atoms with Crippen molar-refractivity contribution in [2.75, 3.05) is 5.32 Å². The molecule has 0 bridgehead atoms. The lowest BCUT2D eigenvalue weighted by atomic mass is 10.1. The van der Waals surface area contributed by atoms with E-state index in [0.717, 1.165) is 0 Å². The van der Waals surface area contributed by atoms with E-state index in [1.807, 2.05) is 0 Å². The summed E-state index contributed by atoms with van der Waals surface area (Å²) in [6.45, 7) is 0. The van der Waals surface area contributed by atoms with Crippen molar-refractivity contribution < 1.29 is 13.2 Å². The minimum absolute atomic E-state index is 0.0627. The van der Waals surface area contributed by atoms with Crippen LogP contribution in [0.25, 0.3) is 0 Å². The summed E-state index contributed by atoms with van der Waals surface area (Å²) in [5.41, 5.74) is 11.1. The summed E-state index contributed by atoms with van der Waals surface area (Å²) in [6, 6.07) is 10.2. The molecule has 0 radical (unpaired) electrons. The van der Waals surface area contributed by atoms with Gasteiger partial charge in [0.15, 0.2) is 5.78 Å². The fourth-order valence-corrected chi connectivity index (χ4v) is 3.03. The number of halogens is 2. The molecule has 0 aromatic heterocycles. The van der Waals surface area contributed by atoms with Crippen LogP contribution in [0.4, 0.5) is 5.69 Å². The highest BCUT2D eigenvalue weighted by atomic mass is 35.5. The molecule has 0 atom stereocenters. The predicted molar refractivity (Wildman–Crippen MR) is 103 cm³/mol. The van der Waals surface area contributed by atoms with Crippen LogP contribution in [0.3, 0.4) is 0 Å². The Labute approximate surface area is 160 Å². The minimum atomic E-state index is -3.94. The predicted octanol–water partition coefficient (Wildman–Crippen LogP) is 2.76. The molecule has 0 saturated heterocycles. The number of guanidine groups is 1. The second kappa shape index (κ2) is 8.22. The number of hydrogen-bond donors (Lipinski definition) is 3. The van der Waals surface area contributed by atoms with E-state index in [1.54, 1.807) is 6.07 Å². The Hall–Kier alpha value is -2.55. The van der Waals surface area contributed by atoms with Crippen LogP contribution >= 0.6 is 23.2 Å². The van der Waals surface area contributed by atoms with E-state index in [2.05, 4.69) is 9.71 Å². The number of benzene rings is 2. The lowest BCUT2D eigenvalue weighted by Crippen LogP contribution is -2.24. The first-order chi connectivity index (χ1) is 12.2. The molecule has 0 aliphatic carbocycles. The van der Waals surface area contributed by atoms with Gasteiger partial charge in [-0.3, -0.25) is 4.79 Å². The fourth-order valence-electron chi connectivity index (χ4n) is 1.87. The van der Waals surface area contributed by atoms with Gasteiger partial charge in [-0.05, 0) is 42.5 Å².